The lowest BCUT2D eigenvalue weighted by atomic mass is 9.81. The fraction of sp³-hybridized carbons (Fsp3) is 0.700. The number of aliphatic hydroxyl groups excluding tert-OH is 1. The van der Waals surface area contributed by atoms with E-state index in [2.05, 4.69) is 0 Å². The molecule has 3 nitrogen and oxygen atoms in total. The normalized spacial score (nSPS) is 31.4. The Morgan fingerprint density at radius 1 is 1.69 bits per heavy atom. The van der Waals surface area contributed by atoms with Crippen molar-refractivity contribution in [3.63, 3.8) is 0 Å². The zero-order chi connectivity index (χ0) is 10.1. The summed E-state index contributed by atoms with van der Waals surface area (Å²) in [4.78, 5) is 11.3. The third-order valence-electron chi connectivity index (χ3n) is 2.39. The van der Waals surface area contributed by atoms with Gasteiger partial charge in [0.2, 0.25) is 0 Å². The second-order valence-electron chi connectivity index (χ2n) is 3.97. The average molecular weight is 184 g/mol. The number of aliphatic hydroxyl groups is 2. The Morgan fingerprint density at radius 2 is 2.31 bits per heavy atom. The van der Waals surface area contributed by atoms with Crippen LogP contribution in [0, 0.1) is 0 Å². The number of ketones is 1. The van der Waals surface area contributed by atoms with Crippen molar-refractivity contribution in [3.05, 3.63) is 11.6 Å². The van der Waals surface area contributed by atoms with Crippen LogP contribution in [0.1, 0.15) is 33.1 Å². The van der Waals surface area contributed by atoms with E-state index in [0.717, 1.165) is 5.57 Å². The first-order chi connectivity index (χ1) is 5.93. The van der Waals surface area contributed by atoms with Crippen molar-refractivity contribution in [3.8, 4) is 0 Å². The molecule has 0 aromatic carbocycles. The zero-order valence-corrected chi connectivity index (χ0v) is 8.08. The third-order valence-corrected chi connectivity index (χ3v) is 2.39. The van der Waals surface area contributed by atoms with Gasteiger partial charge in [-0.25, -0.2) is 0 Å². The quantitative estimate of drug-likeness (QED) is 0.667. The molecule has 3 heteroatoms. The Hall–Kier alpha value is -0.670. The molecule has 0 amide bonds. The molecule has 0 fully saturated rings. The minimum atomic E-state index is -1.02. The summed E-state index contributed by atoms with van der Waals surface area (Å²) in [6, 6.07) is 0. The van der Waals surface area contributed by atoms with Crippen LogP contribution in [0.15, 0.2) is 11.6 Å². The van der Waals surface area contributed by atoms with E-state index in [1.54, 1.807) is 19.9 Å². The van der Waals surface area contributed by atoms with Crippen LogP contribution in [0.25, 0.3) is 0 Å². The maximum Gasteiger partial charge on any atom is 0.161 e. The van der Waals surface area contributed by atoms with E-state index in [4.69, 9.17) is 5.11 Å². The highest BCUT2D eigenvalue weighted by atomic mass is 16.3. The molecule has 2 unspecified atom stereocenters. The maximum atomic E-state index is 11.3. The molecule has 1 rings (SSSR count). The summed E-state index contributed by atoms with van der Waals surface area (Å²) in [6.07, 6.45) is 2.05. The second kappa shape index (κ2) is 3.60. The third kappa shape index (κ3) is 2.64. The summed E-state index contributed by atoms with van der Waals surface area (Å²) in [7, 11) is 0. The van der Waals surface area contributed by atoms with Crippen molar-refractivity contribution >= 4 is 5.78 Å². The van der Waals surface area contributed by atoms with Gasteiger partial charge in [-0.1, -0.05) is 6.08 Å². The van der Waals surface area contributed by atoms with Crippen molar-refractivity contribution in [1.82, 2.24) is 0 Å². The molecule has 0 aliphatic heterocycles. The molecule has 1 aliphatic carbocycles. The van der Waals surface area contributed by atoms with Gasteiger partial charge in [-0.3, -0.25) is 4.79 Å². The van der Waals surface area contributed by atoms with Crippen LogP contribution >= 0.6 is 0 Å². The van der Waals surface area contributed by atoms with E-state index in [0.29, 0.717) is 6.42 Å². The smallest absolute Gasteiger partial charge is 0.161 e. The van der Waals surface area contributed by atoms with Crippen LogP contribution < -0.4 is 0 Å². The summed E-state index contributed by atoms with van der Waals surface area (Å²) in [5.74, 6) is -0.0191. The van der Waals surface area contributed by atoms with Crippen LogP contribution in [-0.2, 0) is 4.79 Å². The molecule has 1 aliphatic rings. The lowest BCUT2D eigenvalue weighted by Gasteiger charge is -2.30. The fourth-order valence-electron chi connectivity index (χ4n) is 1.67. The van der Waals surface area contributed by atoms with E-state index in [9.17, 15) is 9.90 Å². The van der Waals surface area contributed by atoms with Crippen molar-refractivity contribution in [2.45, 2.75) is 44.8 Å². The van der Waals surface area contributed by atoms with Crippen LogP contribution in [0.4, 0.5) is 0 Å². The van der Waals surface area contributed by atoms with Crippen molar-refractivity contribution < 1.29 is 15.0 Å². The summed E-state index contributed by atoms with van der Waals surface area (Å²) in [6.45, 7) is 3.37. The number of hydrogen-bond donors (Lipinski definition) is 2. The maximum absolute atomic E-state index is 11.3. The highest BCUT2D eigenvalue weighted by Gasteiger charge is 2.33. The first-order valence-corrected chi connectivity index (χ1v) is 4.53. The lowest BCUT2D eigenvalue weighted by Crippen LogP contribution is -2.37. The monoisotopic (exact) mass is 184 g/mol. The van der Waals surface area contributed by atoms with E-state index in [-0.39, 0.29) is 18.6 Å². The highest BCUT2D eigenvalue weighted by Crippen LogP contribution is 2.28. The van der Waals surface area contributed by atoms with Gasteiger partial charge in [0.05, 0.1) is 11.7 Å². The van der Waals surface area contributed by atoms with Crippen LogP contribution in [0.5, 0.6) is 0 Å². The Labute approximate surface area is 78.1 Å². The minimum Gasteiger partial charge on any atom is -0.393 e. The van der Waals surface area contributed by atoms with Gasteiger partial charge in [0.25, 0.3) is 0 Å². The van der Waals surface area contributed by atoms with Gasteiger partial charge in [-0.2, -0.15) is 0 Å². The number of allylic oxidation sites excluding steroid dienone is 1. The number of Topliss-reactive ketones (excluding diaryl/α,β-unsaturated/α-hetero) is 1. The first kappa shape index (κ1) is 10.4. The Kier molecular flexibility index (Phi) is 2.88. The van der Waals surface area contributed by atoms with Gasteiger partial charge in [0.15, 0.2) is 5.78 Å². The largest absolute Gasteiger partial charge is 0.393 e. The minimum absolute atomic E-state index is 0.0191. The van der Waals surface area contributed by atoms with Crippen LogP contribution in [-0.4, -0.2) is 27.7 Å². The molecule has 0 saturated heterocycles. The SMILES string of the molecule is CC1=CCC(O)(CC(C)O)CC1=O. The molecule has 0 bridgehead atoms. The van der Waals surface area contributed by atoms with Crippen molar-refractivity contribution in [2.24, 2.45) is 0 Å². The van der Waals surface area contributed by atoms with E-state index >= 15 is 0 Å². The van der Waals surface area contributed by atoms with Gasteiger partial charge in [0, 0.05) is 12.8 Å². The van der Waals surface area contributed by atoms with E-state index < -0.39 is 11.7 Å². The predicted molar refractivity (Wildman–Crippen MR) is 49.2 cm³/mol. The van der Waals surface area contributed by atoms with Crippen molar-refractivity contribution in [2.75, 3.05) is 0 Å². The van der Waals surface area contributed by atoms with E-state index in [1.807, 2.05) is 0 Å². The molecule has 0 radical (unpaired) electrons. The summed E-state index contributed by atoms with van der Waals surface area (Å²) in [5, 5.41) is 19.0. The fourth-order valence-corrected chi connectivity index (χ4v) is 1.67. The highest BCUT2D eigenvalue weighted by molar-refractivity contribution is 5.96. The first-order valence-electron chi connectivity index (χ1n) is 4.53. The molecule has 13 heavy (non-hydrogen) atoms. The van der Waals surface area contributed by atoms with Gasteiger partial charge in [0.1, 0.15) is 0 Å². The zero-order valence-electron chi connectivity index (χ0n) is 8.08. The Morgan fingerprint density at radius 3 is 2.77 bits per heavy atom. The molecule has 74 valence electrons. The summed E-state index contributed by atoms with van der Waals surface area (Å²) in [5.41, 5.74) is -0.305. The number of carbonyl (C=O) groups is 1. The van der Waals surface area contributed by atoms with Gasteiger partial charge in [-0.15, -0.1) is 0 Å². The second-order valence-corrected chi connectivity index (χ2v) is 3.97. The number of carbonyl (C=O) groups excluding carboxylic acids is 1. The topological polar surface area (TPSA) is 57.5 Å². The summed E-state index contributed by atoms with van der Waals surface area (Å²) >= 11 is 0. The van der Waals surface area contributed by atoms with Gasteiger partial charge in [-0.05, 0) is 25.8 Å². The lowest BCUT2D eigenvalue weighted by molar-refractivity contribution is -0.122. The molecular formula is C10H16O3. The molecule has 0 aromatic heterocycles. The number of hydrogen-bond acceptors (Lipinski definition) is 3. The molecule has 0 aromatic rings. The molecule has 0 heterocycles. The molecule has 0 saturated carbocycles. The van der Waals surface area contributed by atoms with Crippen molar-refractivity contribution in [1.29, 1.82) is 0 Å². The number of rotatable bonds is 2. The van der Waals surface area contributed by atoms with Gasteiger partial charge < -0.3 is 10.2 Å². The molecule has 0 spiro atoms. The Bertz CT molecular complexity index is 243. The average Bonchev–Trinajstić information content (AvgIpc) is 1.96. The summed E-state index contributed by atoms with van der Waals surface area (Å²) < 4.78 is 0. The standard InChI is InChI=1S/C10H16O3/c1-7-3-4-10(13,5-8(2)11)6-9(7)12/h3,8,11,13H,4-6H2,1-2H3. The molecule has 2 N–H and O–H groups in total. The molecular weight excluding hydrogens is 168 g/mol. The predicted octanol–water partition coefficient (Wildman–Crippen LogP) is 0.798. The molecule has 2 atom stereocenters. The van der Waals surface area contributed by atoms with Gasteiger partial charge >= 0.3 is 0 Å². The Balaban J connectivity index is 2.69. The van der Waals surface area contributed by atoms with E-state index in [1.165, 1.54) is 0 Å². The van der Waals surface area contributed by atoms with Crippen LogP contribution in [0.2, 0.25) is 0 Å². The van der Waals surface area contributed by atoms with Crippen LogP contribution in [0.3, 0.4) is 0 Å².